The number of nitrogens with one attached hydrogen (secondary N) is 1. The van der Waals surface area contributed by atoms with E-state index in [1.54, 1.807) is 7.11 Å². The van der Waals surface area contributed by atoms with Crippen LogP contribution in [0.5, 0.6) is 0 Å². The summed E-state index contributed by atoms with van der Waals surface area (Å²) < 4.78 is 50.5. The molecule has 2 aliphatic heterocycles. The van der Waals surface area contributed by atoms with Gasteiger partial charge in [0.05, 0.1) is 23.7 Å². The first-order valence-corrected chi connectivity index (χ1v) is 13.1. The van der Waals surface area contributed by atoms with Crippen molar-refractivity contribution in [2.75, 3.05) is 51.4 Å². The van der Waals surface area contributed by atoms with E-state index in [4.69, 9.17) is 9.47 Å². The first kappa shape index (κ1) is 27.1. The van der Waals surface area contributed by atoms with Crippen LogP contribution in [0.25, 0.3) is 0 Å². The van der Waals surface area contributed by atoms with Crippen LogP contribution in [0.3, 0.4) is 0 Å². The molecular weight excluding hydrogens is 473 g/mol. The van der Waals surface area contributed by atoms with Crippen molar-refractivity contribution in [2.24, 2.45) is 11.3 Å². The maximum Gasteiger partial charge on any atom is 0.416 e. The van der Waals surface area contributed by atoms with Gasteiger partial charge in [0, 0.05) is 58.2 Å². The molecule has 0 unspecified atom stereocenters. The highest BCUT2D eigenvalue weighted by Crippen LogP contribution is 2.45. The Morgan fingerprint density at radius 3 is 2.69 bits per heavy atom. The Hall–Kier alpha value is -1.91. The predicted molar refractivity (Wildman–Crippen MR) is 131 cm³/mol. The molecule has 3 heterocycles. The average molecular weight is 513 g/mol. The Bertz CT molecular complexity index is 891. The normalized spacial score (nSPS) is 29.7. The summed E-state index contributed by atoms with van der Waals surface area (Å²) in [5.41, 5.74) is -1.11. The second-order valence-electron chi connectivity index (χ2n) is 10.9. The number of anilines is 1. The van der Waals surface area contributed by atoms with E-state index in [1.807, 2.05) is 9.80 Å². The van der Waals surface area contributed by atoms with Crippen LogP contribution in [-0.4, -0.2) is 80.5 Å². The highest BCUT2D eigenvalue weighted by Gasteiger charge is 2.48. The molecule has 1 N–H and O–H groups in total. The fourth-order valence-corrected chi connectivity index (χ4v) is 6.20. The number of nitrogens with zero attached hydrogens (tertiary/aromatic N) is 3. The van der Waals surface area contributed by atoms with Crippen molar-refractivity contribution >= 4 is 11.7 Å². The molecule has 0 aromatic carbocycles. The van der Waals surface area contributed by atoms with E-state index in [0.29, 0.717) is 51.1 Å². The molecule has 4 rings (SSSR count). The molecule has 1 aromatic rings. The Morgan fingerprint density at radius 2 is 2.03 bits per heavy atom. The number of ether oxygens (including phenoxy) is 2. The van der Waals surface area contributed by atoms with Gasteiger partial charge in [-0.1, -0.05) is 13.8 Å². The summed E-state index contributed by atoms with van der Waals surface area (Å²) >= 11 is 0. The smallest absolute Gasteiger partial charge is 0.379 e. The summed E-state index contributed by atoms with van der Waals surface area (Å²) in [6.45, 7) is 7.53. The fraction of sp³-hybridized carbons (Fsp3) is 0.769. The highest BCUT2D eigenvalue weighted by molar-refractivity contribution is 5.83. The lowest BCUT2D eigenvalue weighted by Crippen LogP contribution is -2.54. The summed E-state index contributed by atoms with van der Waals surface area (Å²) in [6, 6.07) is 2.55. The summed E-state index contributed by atoms with van der Waals surface area (Å²) in [5.74, 6) is 0.883. The van der Waals surface area contributed by atoms with Crippen LogP contribution in [-0.2, 0) is 20.4 Å². The van der Waals surface area contributed by atoms with Crippen molar-refractivity contribution in [2.45, 2.75) is 70.3 Å². The van der Waals surface area contributed by atoms with Crippen LogP contribution in [0, 0.1) is 11.3 Å². The Labute approximate surface area is 211 Å². The van der Waals surface area contributed by atoms with E-state index in [1.165, 1.54) is 6.20 Å². The number of piperazine rings is 1. The molecule has 0 radical (unpaired) electrons. The molecule has 1 amide bonds. The zero-order valence-electron chi connectivity index (χ0n) is 21.5. The van der Waals surface area contributed by atoms with Crippen molar-refractivity contribution in [3.63, 3.8) is 0 Å². The molecule has 36 heavy (non-hydrogen) atoms. The zero-order chi connectivity index (χ0) is 25.9. The van der Waals surface area contributed by atoms with E-state index in [2.05, 4.69) is 24.1 Å². The van der Waals surface area contributed by atoms with Crippen molar-refractivity contribution < 1.29 is 27.4 Å². The quantitative estimate of drug-likeness (QED) is 0.601. The number of carbonyl (C=O) groups is 1. The van der Waals surface area contributed by atoms with Gasteiger partial charge in [0.2, 0.25) is 5.91 Å². The Balaban J connectivity index is 1.40. The number of pyridine rings is 1. The number of rotatable bonds is 7. The van der Waals surface area contributed by atoms with Crippen LogP contribution < -0.4 is 10.2 Å². The minimum absolute atomic E-state index is 0.0204. The third-order valence-electron chi connectivity index (χ3n) is 7.88. The van der Waals surface area contributed by atoms with Gasteiger partial charge in [-0.15, -0.1) is 0 Å². The number of hydrogen-bond donors (Lipinski definition) is 1. The molecule has 202 valence electrons. The van der Waals surface area contributed by atoms with Gasteiger partial charge >= 0.3 is 6.18 Å². The lowest BCUT2D eigenvalue weighted by Gasteiger charge is -2.41. The van der Waals surface area contributed by atoms with E-state index < -0.39 is 17.2 Å². The van der Waals surface area contributed by atoms with Crippen molar-refractivity contribution in [1.29, 1.82) is 0 Å². The number of methoxy groups -OCH3 is 1. The minimum Gasteiger partial charge on any atom is -0.379 e. The second kappa shape index (κ2) is 11.2. The highest BCUT2D eigenvalue weighted by atomic mass is 19.4. The van der Waals surface area contributed by atoms with Crippen LogP contribution in [0.15, 0.2) is 18.3 Å². The number of aromatic nitrogens is 1. The number of amides is 1. The third kappa shape index (κ3) is 6.14. The van der Waals surface area contributed by atoms with Gasteiger partial charge in [0.1, 0.15) is 5.82 Å². The molecular formula is C26H39F3N4O3. The maximum absolute atomic E-state index is 13.9. The number of halogens is 3. The topological polar surface area (TPSA) is 66.9 Å². The maximum atomic E-state index is 13.9. The van der Waals surface area contributed by atoms with Gasteiger partial charge in [0.15, 0.2) is 0 Å². The Morgan fingerprint density at radius 1 is 1.28 bits per heavy atom. The molecule has 3 fully saturated rings. The third-order valence-corrected chi connectivity index (χ3v) is 7.88. The summed E-state index contributed by atoms with van der Waals surface area (Å²) in [5, 5.41) is 3.77. The molecule has 0 spiro atoms. The van der Waals surface area contributed by atoms with Gasteiger partial charge < -0.3 is 24.6 Å². The molecule has 10 heteroatoms. The fourth-order valence-electron chi connectivity index (χ4n) is 6.20. The van der Waals surface area contributed by atoms with Crippen LogP contribution in [0.4, 0.5) is 19.0 Å². The molecule has 1 aliphatic carbocycles. The van der Waals surface area contributed by atoms with Gasteiger partial charge in [0.25, 0.3) is 0 Å². The van der Waals surface area contributed by atoms with Gasteiger partial charge in [-0.2, -0.15) is 13.2 Å². The van der Waals surface area contributed by atoms with E-state index in [0.717, 1.165) is 44.2 Å². The van der Waals surface area contributed by atoms with Crippen molar-refractivity contribution in [3.8, 4) is 0 Å². The first-order chi connectivity index (χ1) is 17.1. The number of carbonyl (C=O) groups excluding carboxylic acids is 1. The molecule has 7 nitrogen and oxygen atoms in total. The van der Waals surface area contributed by atoms with Crippen molar-refractivity contribution in [1.82, 2.24) is 15.2 Å². The minimum atomic E-state index is -4.40. The van der Waals surface area contributed by atoms with Crippen LogP contribution >= 0.6 is 0 Å². The van der Waals surface area contributed by atoms with Gasteiger partial charge in [-0.3, -0.25) is 4.79 Å². The largest absolute Gasteiger partial charge is 0.416 e. The molecule has 1 aromatic heterocycles. The lowest BCUT2D eigenvalue weighted by molar-refractivity contribution is -0.143. The van der Waals surface area contributed by atoms with Crippen LogP contribution in [0.1, 0.15) is 51.5 Å². The number of hydrogen-bond acceptors (Lipinski definition) is 6. The molecule has 2 saturated heterocycles. The van der Waals surface area contributed by atoms with Crippen LogP contribution in [0.2, 0.25) is 0 Å². The molecule has 1 saturated carbocycles. The molecule has 4 atom stereocenters. The number of alkyl halides is 3. The molecule has 3 aliphatic rings. The predicted octanol–water partition coefficient (Wildman–Crippen LogP) is 3.73. The monoisotopic (exact) mass is 512 g/mol. The van der Waals surface area contributed by atoms with E-state index in [-0.39, 0.29) is 24.1 Å². The van der Waals surface area contributed by atoms with E-state index in [9.17, 15) is 18.0 Å². The average Bonchev–Trinajstić information content (AvgIpc) is 3.26. The van der Waals surface area contributed by atoms with Gasteiger partial charge in [-0.05, 0) is 50.2 Å². The SMILES string of the molecule is CO[C@@H]1COCC[C@@H]1N[C@@H]1CC[C@](CC(C)C)(C(=O)N2CCN(c3cc(C(F)(F)F)ccn3)CC2)C1. The molecule has 0 bridgehead atoms. The first-order valence-electron chi connectivity index (χ1n) is 13.1. The van der Waals surface area contributed by atoms with Gasteiger partial charge in [-0.25, -0.2) is 4.98 Å². The second-order valence-corrected chi connectivity index (χ2v) is 10.9. The summed E-state index contributed by atoms with van der Waals surface area (Å²) in [4.78, 5) is 21.8. The lowest BCUT2D eigenvalue weighted by atomic mass is 9.77. The van der Waals surface area contributed by atoms with E-state index >= 15 is 0 Å². The Kier molecular flexibility index (Phi) is 8.46. The standard InChI is InChI=1S/C26H39F3N4O3/c1-18(2)15-25(7-4-20(16-25)31-21-6-13-36-17-22(21)35-3)24(34)33-11-9-32(10-12-33)23-14-19(5-8-30-23)26(27,28)29/h5,8,14,18,20-22,31H,4,6-7,9-13,15-17H2,1-3H3/t20-,21+,22-,25-/m1/s1. The summed E-state index contributed by atoms with van der Waals surface area (Å²) in [7, 11) is 1.71. The summed E-state index contributed by atoms with van der Waals surface area (Å²) in [6.07, 6.45) is 1.13. The van der Waals surface area contributed by atoms with Crippen molar-refractivity contribution in [3.05, 3.63) is 23.9 Å². The zero-order valence-corrected chi connectivity index (χ0v) is 21.5.